The summed E-state index contributed by atoms with van der Waals surface area (Å²) in [6, 6.07) is 52.0. The van der Waals surface area contributed by atoms with Crippen LogP contribution in [0, 0.1) is 57.9 Å². The molecular formula is C85H70F4N8O12. The Morgan fingerprint density at radius 2 is 0.615 bits per heavy atom. The van der Waals surface area contributed by atoms with Crippen LogP contribution in [0.1, 0.15) is 69.2 Å². The third-order valence-electron chi connectivity index (χ3n) is 17.6. The van der Waals surface area contributed by atoms with E-state index in [1.165, 1.54) is 48.7 Å². The molecule has 12 aromatic rings. The van der Waals surface area contributed by atoms with Crippen LogP contribution in [-0.2, 0) is 0 Å². The van der Waals surface area contributed by atoms with Gasteiger partial charge in [-0.1, -0.05) is 48.5 Å². The third kappa shape index (κ3) is 17.7. The van der Waals surface area contributed by atoms with Crippen LogP contribution < -0.4 is 59.2 Å². The quantitative estimate of drug-likeness (QED) is 0.0831. The van der Waals surface area contributed by atoms with E-state index in [-0.39, 0.29) is 17.0 Å². The topological polar surface area (TPSA) is 242 Å². The van der Waals surface area contributed by atoms with E-state index in [2.05, 4.69) is 41.2 Å². The Morgan fingerprint density at radius 1 is 0.294 bits per heavy atom. The zero-order valence-corrected chi connectivity index (χ0v) is 59.6. The Balaban J connectivity index is 0.000000128. The largest absolute Gasteiger partial charge is 0.486 e. The number of hydrogen-bond donors (Lipinski definition) is 4. The lowest BCUT2D eigenvalue weighted by molar-refractivity contribution is 0.101. The summed E-state index contributed by atoms with van der Waals surface area (Å²) in [4.78, 5) is 66.6. The van der Waals surface area contributed by atoms with Crippen LogP contribution in [0.25, 0.3) is 44.9 Å². The molecule has 0 radical (unpaired) electrons. The zero-order valence-electron chi connectivity index (χ0n) is 59.6. The molecule has 0 saturated heterocycles. The molecule has 4 aliphatic heterocycles. The molecule has 109 heavy (non-hydrogen) atoms. The number of anilines is 4. The summed E-state index contributed by atoms with van der Waals surface area (Å²) in [5.74, 6) is 1.03. The van der Waals surface area contributed by atoms with Crippen LogP contribution >= 0.6 is 0 Å². The molecule has 16 rings (SSSR count). The number of benzene rings is 8. The highest BCUT2D eigenvalue weighted by molar-refractivity contribution is 6.07. The van der Waals surface area contributed by atoms with Gasteiger partial charge in [-0.05, 0) is 208 Å². The first kappa shape index (κ1) is 73.7. The number of nitrogens with zero attached hydrogens (tertiary/aromatic N) is 4. The Bertz CT molecular complexity index is 4970. The number of hydrogen-bond acceptors (Lipinski definition) is 16. The van der Waals surface area contributed by atoms with Crippen molar-refractivity contribution in [3.05, 3.63) is 286 Å². The minimum Gasteiger partial charge on any atom is -0.486 e. The van der Waals surface area contributed by atoms with Crippen LogP contribution in [0.2, 0.25) is 0 Å². The van der Waals surface area contributed by atoms with Gasteiger partial charge in [-0.2, -0.15) is 0 Å². The predicted octanol–water partition coefficient (Wildman–Crippen LogP) is 17.2. The smallest absolute Gasteiger partial charge is 0.261 e. The molecule has 24 heteroatoms. The summed E-state index contributed by atoms with van der Waals surface area (Å²) in [5.41, 5.74) is 13.3. The summed E-state index contributed by atoms with van der Waals surface area (Å²) in [6.07, 6.45) is 6.31. The SMILES string of the molecule is Cc1cc2c(cc1-c1ccc(NC(=O)c3c(F)cccc3F)cn1)OCCO2.Cc1cc2c(cc1-c1ccc(NC(=O)c3ccccc3F)cn1)OCCO2.Cc1cc2c(cc1-c1ccc(NC(=O)c3ccccc3F)nc1)OCCO2.Cc1ccccc1C(=O)Nc1ccc(-c2cc3c(cc2C)OCCO3)nc1. The number of aromatic nitrogens is 4. The fourth-order valence-electron chi connectivity index (χ4n) is 12.0. The maximum Gasteiger partial charge on any atom is 0.261 e. The molecule has 0 bridgehead atoms. The molecule has 4 N–H and O–H groups in total. The van der Waals surface area contributed by atoms with Gasteiger partial charge in [0.25, 0.3) is 23.6 Å². The highest BCUT2D eigenvalue weighted by Gasteiger charge is 2.23. The first-order chi connectivity index (χ1) is 52.9. The molecule has 0 atom stereocenters. The standard InChI is InChI=1S/C22H20N2O3.C21H16F2N2O3.2C21H17FN2O3/c1-14-5-3-4-6-17(14)22(25)24-16-7-8-19(23-13-16)18-12-21-20(11-15(18)2)26-9-10-27-21;1-12-9-18-19(28-8-7-27-18)10-14(12)17-6-5-13(11-24-17)25-21(26)20-15(22)3-2-4-16(20)23;1-13-10-19-20(27-9-8-26-19)11-16(13)18-7-6-14(12-23-18)24-21(25)15-4-2-3-5-17(15)22;1-13-10-18-19(27-9-8-26-18)11-16(13)14-6-7-20(23-12-14)24-21(25)15-4-2-3-5-17(15)22/h3-8,11-13H,9-10H2,1-2H3,(H,24,25);2-6,9-11H,7-8H2,1H3,(H,25,26);2-7,10-12H,8-9H2,1H3,(H,24,25);2-7,10-12H,8-9H2,1H3,(H,23,24,25). The number of halogens is 4. The second-order valence-electron chi connectivity index (χ2n) is 25.2. The monoisotopic (exact) mass is 1470 g/mol. The van der Waals surface area contributed by atoms with E-state index in [9.17, 15) is 36.7 Å². The van der Waals surface area contributed by atoms with Crippen molar-refractivity contribution in [2.24, 2.45) is 0 Å². The van der Waals surface area contributed by atoms with Gasteiger partial charge in [-0.15, -0.1) is 0 Å². The van der Waals surface area contributed by atoms with E-state index in [1.807, 2.05) is 126 Å². The summed E-state index contributed by atoms with van der Waals surface area (Å²) in [6.45, 7) is 14.1. The molecule has 8 heterocycles. The number of rotatable bonds is 12. The first-order valence-electron chi connectivity index (χ1n) is 34.6. The van der Waals surface area contributed by atoms with Crippen molar-refractivity contribution < 1.29 is 74.6 Å². The van der Waals surface area contributed by atoms with E-state index < -0.39 is 46.6 Å². The second kappa shape index (κ2) is 33.6. The Morgan fingerprint density at radius 3 is 0.972 bits per heavy atom. The van der Waals surface area contributed by atoms with Crippen LogP contribution in [-0.4, -0.2) is 96.4 Å². The van der Waals surface area contributed by atoms with Gasteiger partial charge in [0.15, 0.2) is 46.0 Å². The van der Waals surface area contributed by atoms with Gasteiger partial charge < -0.3 is 59.2 Å². The third-order valence-corrected chi connectivity index (χ3v) is 17.6. The van der Waals surface area contributed by atoms with Crippen LogP contribution in [0.15, 0.2) is 213 Å². The number of nitrogens with one attached hydrogen (secondary N) is 4. The summed E-state index contributed by atoms with van der Waals surface area (Å²) >= 11 is 0. The highest BCUT2D eigenvalue weighted by Crippen LogP contribution is 2.41. The normalized spacial score (nSPS) is 12.5. The number of ether oxygens (including phenoxy) is 8. The lowest BCUT2D eigenvalue weighted by Gasteiger charge is -2.20. The molecule has 0 spiro atoms. The van der Waals surface area contributed by atoms with Crippen molar-refractivity contribution in [2.45, 2.75) is 34.6 Å². The lowest BCUT2D eigenvalue weighted by Crippen LogP contribution is -2.16. The number of amides is 4. The molecule has 0 fully saturated rings. The molecule has 4 aliphatic rings. The molecule has 4 amide bonds. The van der Waals surface area contributed by atoms with Crippen molar-refractivity contribution >= 4 is 46.5 Å². The van der Waals surface area contributed by atoms with E-state index in [1.54, 1.807) is 61.1 Å². The fraction of sp³-hybridized carbons (Fsp3) is 0.153. The zero-order chi connectivity index (χ0) is 76.1. The Labute approximate surface area is 624 Å². The van der Waals surface area contributed by atoms with Crippen molar-refractivity contribution in [3.8, 4) is 90.9 Å². The van der Waals surface area contributed by atoms with Crippen molar-refractivity contribution in [1.29, 1.82) is 0 Å². The van der Waals surface area contributed by atoms with Crippen LogP contribution in [0.4, 0.5) is 40.4 Å². The van der Waals surface area contributed by atoms with Crippen molar-refractivity contribution in [3.63, 3.8) is 0 Å². The summed E-state index contributed by atoms with van der Waals surface area (Å²) in [5, 5.41) is 10.6. The lowest BCUT2D eigenvalue weighted by atomic mass is 10.0. The molecule has 0 aliphatic carbocycles. The van der Waals surface area contributed by atoms with Gasteiger partial charge in [0, 0.05) is 34.0 Å². The maximum atomic E-state index is 13.7. The average Bonchev–Trinajstić information content (AvgIpc) is 0.812. The molecule has 0 unspecified atom stereocenters. The molecule has 4 aromatic heterocycles. The summed E-state index contributed by atoms with van der Waals surface area (Å²) in [7, 11) is 0. The average molecular weight is 1470 g/mol. The maximum absolute atomic E-state index is 13.7. The Hall–Kier alpha value is -13.6. The van der Waals surface area contributed by atoms with Gasteiger partial charge in [0.1, 0.15) is 87.5 Å². The van der Waals surface area contributed by atoms with Gasteiger partial charge in [-0.25, -0.2) is 22.5 Å². The van der Waals surface area contributed by atoms with Crippen molar-refractivity contribution in [1.82, 2.24) is 19.9 Å². The number of aryl methyl sites for hydroxylation is 5. The van der Waals surface area contributed by atoms with Gasteiger partial charge in [-0.3, -0.25) is 34.1 Å². The molecule has 550 valence electrons. The van der Waals surface area contributed by atoms with Gasteiger partial charge in [0.05, 0.1) is 63.9 Å². The molecule has 20 nitrogen and oxygen atoms in total. The first-order valence-corrected chi connectivity index (χ1v) is 34.6. The minimum atomic E-state index is -0.922. The molecule has 8 aromatic carbocycles. The Kier molecular flexibility index (Phi) is 22.7. The number of pyridine rings is 4. The van der Waals surface area contributed by atoms with Gasteiger partial charge >= 0.3 is 0 Å². The number of carbonyl (C=O) groups excluding carboxylic acids is 4. The predicted molar refractivity (Wildman–Crippen MR) is 404 cm³/mol. The number of carbonyl (C=O) groups is 4. The molecular weight excluding hydrogens is 1400 g/mol. The van der Waals surface area contributed by atoms with Crippen molar-refractivity contribution in [2.75, 3.05) is 74.1 Å². The van der Waals surface area contributed by atoms with Crippen LogP contribution in [0.3, 0.4) is 0 Å². The van der Waals surface area contributed by atoms with E-state index in [0.29, 0.717) is 110 Å². The fourth-order valence-corrected chi connectivity index (χ4v) is 12.0. The number of fused-ring (bicyclic) bond motifs is 4. The molecule has 0 saturated carbocycles. The van der Waals surface area contributed by atoms with Gasteiger partial charge in [0.2, 0.25) is 0 Å². The van der Waals surface area contributed by atoms with E-state index in [4.69, 9.17) is 37.9 Å². The summed E-state index contributed by atoms with van der Waals surface area (Å²) < 4.78 is 99.8. The second-order valence-corrected chi connectivity index (χ2v) is 25.2. The van der Waals surface area contributed by atoms with E-state index >= 15 is 0 Å². The highest BCUT2D eigenvalue weighted by atomic mass is 19.1. The minimum absolute atomic E-state index is 0.00995. The van der Waals surface area contributed by atoms with Crippen LogP contribution in [0.5, 0.6) is 46.0 Å². The van der Waals surface area contributed by atoms with E-state index in [0.717, 1.165) is 102 Å².